The number of benzene rings is 1. The molecule has 1 aromatic heterocycles. The van der Waals surface area contributed by atoms with Crippen molar-refractivity contribution in [2.45, 2.75) is 37.6 Å². The number of hydrogen-bond donors (Lipinski definition) is 1. The van der Waals surface area contributed by atoms with Gasteiger partial charge in [-0.1, -0.05) is 25.1 Å². The van der Waals surface area contributed by atoms with E-state index in [9.17, 15) is 13.2 Å². The average molecular weight is 400 g/mol. The first kappa shape index (κ1) is 19.1. The number of nitrogens with zero attached hydrogens (tertiary/aromatic N) is 2. The van der Waals surface area contributed by atoms with Crippen molar-refractivity contribution in [3.63, 3.8) is 0 Å². The molecular weight excluding hydrogens is 374 g/mol. The van der Waals surface area contributed by atoms with Gasteiger partial charge in [-0.15, -0.1) is 0 Å². The molecule has 2 atom stereocenters. The molecule has 7 heteroatoms. The Morgan fingerprint density at radius 1 is 1.25 bits per heavy atom. The minimum absolute atomic E-state index is 0.00963. The lowest BCUT2D eigenvalue weighted by molar-refractivity contribution is -0.123. The molecule has 1 saturated carbocycles. The van der Waals surface area contributed by atoms with Gasteiger partial charge in [0.25, 0.3) is 0 Å². The van der Waals surface area contributed by atoms with E-state index in [-0.39, 0.29) is 17.2 Å². The largest absolute Gasteiger partial charge is 0.352 e. The van der Waals surface area contributed by atoms with Crippen LogP contribution >= 0.6 is 0 Å². The van der Waals surface area contributed by atoms with Gasteiger partial charge in [-0.25, -0.2) is 8.42 Å². The molecule has 0 unspecified atom stereocenters. The van der Waals surface area contributed by atoms with Crippen molar-refractivity contribution in [2.75, 3.05) is 13.1 Å². The van der Waals surface area contributed by atoms with Crippen LogP contribution in [0.15, 0.2) is 53.7 Å². The number of amides is 1. The topological polar surface area (TPSA) is 79.4 Å². The molecule has 1 aliphatic carbocycles. The number of sulfonamides is 1. The molecule has 4 rings (SSSR count). The summed E-state index contributed by atoms with van der Waals surface area (Å²) in [6, 6.07) is 10.9. The van der Waals surface area contributed by atoms with Crippen molar-refractivity contribution in [2.24, 2.45) is 11.3 Å². The number of hydrogen-bond acceptors (Lipinski definition) is 4. The number of pyridine rings is 1. The van der Waals surface area contributed by atoms with Gasteiger partial charge in [0.2, 0.25) is 15.9 Å². The predicted molar refractivity (Wildman–Crippen MR) is 106 cm³/mol. The van der Waals surface area contributed by atoms with Crippen LogP contribution in [-0.4, -0.2) is 36.7 Å². The quantitative estimate of drug-likeness (QED) is 0.809. The first-order valence-electron chi connectivity index (χ1n) is 9.70. The summed E-state index contributed by atoms with van der Waals surface area (Å²) in [5, 5.41) is 2.96. The van der Waals surface area contributed by atoms with Crippen LogP contribution in [0.3, 0.4) is 0 Å². The van der Waals surface area contributed by atoms with Crippen molar-refractivity contribution < 1.29 is 13.2 Å². The minimum Gasteiger partial charge on any atom is -0.352 e. The first-order chi connectivity index (χ1) is 13.4. The molecule has 0 bridgehead atoms. The van der Waals surface area contributed by atoms with E-state index in [0.717, 1.165) is 30.4 Å². The van der Waals surface area contributed by atoms with E-state index in [4.69, 9.17) is 0 Å². The van der Waals surface area contributed by atoms with Crippen molar-refractivity contribution in [1.82, 2.24) is 14.6 Å². The van der Waals surface area contributed by atoms with Crippen molar-refractivity contribution in [3.05, 3.63) is 59.9 Å². The smallest absolute Gasteiger partial charge is 0.243 e. The third kappa shape index (κ3) is 3.56. The van der Waals surface area contributed by atoms with Crippen LogP contribution in [0.4, 0.5) is 0 Å². The summed E-state index contributed by atoms with van der Waals surface area (Å²) in [5.74, 6) is -0.0951. The van der Waals surface area contributed by atoms with Crippen molar-refractivity contribution in [1.29, 1.82) is 0 Å². The Morgan fingerprint density at radius 2 is 2.04 bits per heavy atom. The van der Waals surface area contributed by atoms with E-state index >= 15 is 0 Å². The predicted octanol–water partition coefficient (Wildman–Crippen LogP) is 2.36. The number of rotatable bonds is 6. The molecule has 28 heavy (non-hydrogen) atoms. The van der Waals surface area contributed by atoms with Crippen molar-refractivity contribution >= 4 is 15.9 Å². The highest BCUT2D eigenvalue weighted by molar-refractivity contribution is 7.89. The van der Waals surface area contributed by atoms with E-state index in [1.165, 1.54) is 0 Å². The second-order valence-corrected chi connectivity index (χ2v) is 9.72. The van der Waals surface area contributed by atoms with Gasteiger partial charge in [0.1, 0.15) is 0 Å². The van der Waals surface area contributed by atoms with Crippen LogP contribution in [0.1, 0.15) is 30.9 Å². The van der Waals surface area contributed by atoms with Gasteiger partial charge in [0, 0.05) is 37.9 Å². The molecule has 2 aromatic rings. The van der Waals surface area contributed by atoms with E-state index in [1.807, 2.05) is 31.2 Å². The van der Waals surface area contributed by atoms with E-state index in [1.54, 1.807) is 28.8 Å². The summed E-state index contributed by atoms with van der Waals surface area (Å²) in [4.78, 5) is 16.9. The third-order valence-corrected chi connectivity index (χ3v) is 7.87. The van der Waals surface area contributed by atoms with Gasteiger partial charge in [0.05, 0.1) is 4.90 Å². The van der Waals surface area contributed by atoms with Gasteiger partial charge in [-0.05, 0) is 54.0 Å². The highest BCUT2D eigenvalue weighted by Crippen LogP contribution is 2.59. The molecular formula is C21H25N3O3S. The Kier molecular flexibility index (Phi) is 4.97. The summed E-state index contributed by atoms with van der Waals surface area (Å²) >= 11 is 0. The number of aryl methyl sites for hydroxylation is 1. The van der Waals surface area contributed by atoms with Gasteiger partial charge < -0.3 is 5.32 Å². The van der Waals surface area contributed by atoms with Gasteiger partial charge >= 0.3 is 0 Å². The molecule has 2 aliphatic rings. The molecule has 0 radical (unpaired) electrons. The SMILES string of the molecule is CCc1ccc(S(=O)(=O)N2CC[C@]3(C[C@@H]3C(=O)NCc3cccnc3)C2)cc1. The maximum absolute atomic E-state index is 13.0. The summed E-state index contributed by atoms with van der Waals surface area (Å²) in [6.07, 6.45) is 5.81. The molecule has 6 nitrogen and oxygen atoms in total. The van der Waals surface area contributed by atoms with Crippen LogP contribution < -0.4 is 5.32 Å². The zero-order valence-electron chi connectivity index (χ0n) is 16.0. The molecule has 2 heterocycles. The summed E-state index contributed by atoms with van der Waals surface area (Å²) in [6.45, 7) is 3.39. The molecule has 1 aromatic carbocycles. The van der Waals surface area contributed by atoms with Crippen LogP contribution in [0.2, 0.25) is 0 Å². The molecule has 1 aliphatic heterocycles. The highest BCUT2D eigenvalue weighted by atomic mass is 32.2. The second-order valence-electron chi connectivity index (χ2n) is 7.78. The maximum atomic E-state index is 13.0. The standard InChI is InChI=1S/C21H25N3O3S/c1-2-16-5-7-18(8-6-16)28(26,27)24-11-9-21(15-24)12-19(21)20(25)23-14-17-4-3-10-22-13-17/h3-8,10,13,19H,2,9,11-12,14-15H2,1H3,(H,23,25)/t19-,21+/m1/s1. The lowest BCUT2D eigenvalue weighted by Crippen LogP contribution is -2.31. The fourth-order valence-electron chi connectivity index (χ4n) is 4.09. The van der Waals surface area contributed by atoms with Gasteiger partial charge in [-0.3, -0.25) is 9.78 Å². The summed E-state index contributed by atoms with van der Waals surface area (Å²) in [5.41, 5.74) is 1.87. The summed E-state index contributed by atoms with van der Waals surface area (Å²) < 4.78 is 27.5. The van der Waals surface area contributed by atoms with E-state index < -0.39 is 10.0 Å². The van der Waals surface area contributed by atoms with Crippen LogP contribution in [0.5, 0.6) is 0 Å². The lowest BCUT2D eigenvalue weighted by Gasteiger charge is -2.17. The summed E-state index contributed by atoms with van der Waals surface area (Å²) in [7, 11) is -3.51. The Bertz CT molecular complexity index is 960. The van der Waals surface area contributed by atoms with E-state index in [0.29, 0.717) is 24.5 Å². The molecule has 2 fully saturated rings. The molecule has 148 valence electrons. The van der Waals surface area contributed by atoms with Gasteiger partial charge in [0.15, 0.2) is 0 Å². The Labute approximate surface area is 166 Å². The first-order valence-corrected chi connectivity index (χ1v) is 11.1. The normalized spacial score (nSPS) is 24.4. The second kappa shape index (κ2) is 7.29. The number of carbonyl (C=O) groups is 1. The maximum Gasteiger partial charge on any atom is 0.243 e. The fraction of sp³-hybridized carbons (Fsp3) is 0.429. The Morgan fingerprint density at radius 3 is 2.71 bits per heavy atom. The molecule has 1 spiro atoms. The zero-order valence-corrected chi connectivity index (χ0v) is 16.8. The van der Waals surface area contributed by atoms with Crippen molar-refractivity contribution in [3.8, 4) is 0 Å². The average Bonchev–Trinajstić information content (AvgIpc) is 3.25. The zero-order chi connectivity index (χ0) is 19.8. The number of carbonyl (C=O) groups excluding carboxylic acids is 1. The van der Waals surface area contributed by atoms with Crippen LogP contribution in [0.25, 0.3) is 0 Å². The lowest BCUT2D eigenvalue weighted by atomic mass is 10.0. The number of aromatic nitrogens is 1. The van der Waals surface area contributed by atoms with Crippen LogP contribution in [0, 0.1) is 11.3 Å². The minimum atomic E-state index is -3.51. The highest BCUT2D eigenvalue weighted by Gasteiger charge is 2.62. The van der Waals surface area contributed by atoms with Gasteiger partial charge in [-0.2, -0.15) is 4.31 Å². The monoisotopic (exact) mass is 399 g/mol. The van der Waals surface area contributed by atoms with E-state index in [2.05, 4.69) is 10.3 Å². The Balaban J connectivity index is 1.38. The Hall–Kier alpha value is -2.25. The van der Waals surface area contributed by atoms with Crippen LogP contribution in [-0.2, 0) is 27.8 Å². The molecule has 1 N–H and O–H groups in total. The third-order valence-electron chi connectivity index (χ3n) is 6.02. The fourth-order valence-corrected chi connectivity index (χ4v) is 5.63. The number of nitrogens with one attached hydrogen (secondary N) is 1. The molecule has 1 amide bonds. The molecule has 1 saturated heterocycles.